The molecule has 0 bridgehead atoms. The lowest BCUT2D eigenvalue weighted by molar-refractivity contribution is 1.22. The molecule has 0 spiro atoms. The zero-order valence-electron chi connectivity index (χ0n) is 12.8. The molecule has 23 heavy (non-hydrogen) atoms. The molecule has 0 radical (unpaired) electrons. The lowest BCUT2D eigenvalue weighted by Crippen LogP contribution is -1.99. The second kappa shape index (κ2) is 5.61. The van der Waals surface area contributed by atoms with Gasteiger partial charge in [0.05, 0.1) is 5.71 Å². The van der Waals surface area contributed by atoms with Crippen molar-refractivity contribution >= 4 is 11.4 Å². The van der Waals surface area contributed by atoms with Gasteiger partial charge in [-0.2, -0.15) is 5.10 Å². The normalized spacial score (nSPS) is 12.7. The molecule has 3 nitrogen and oxygen atoms in total. The molecule has 0 fully saturated rings. The summed E-state index contributed by atoms with van der Waals surface area (Å²) in [6, 6.07) is 20.6. The van der Waals surface area contributed by atoms with Crippen molar-refractivity contribution in [2.24, 2.45) is 10.2 Å². The first-order chi connectivity index (χ1) is 11.3. The van der Waals surface area contributed by atoms with E-state index in [1.165, 1.54) is 11.1 Å². The fourth-order valence-corrected chi connectivity index (χ4v) is 2.86. The Kier molecular flexibility index (Phi) is 3.31. The summed E-state index contributed by atoms with van der Waals surface area (Å²) in [5.41, 5.74) is 7.48. The molecular formula is C20H15N3. The summed E-state index contributed by atoms with van der Waals surface area (Å²) < 4.78 is 0. The predicted octanol–water partition coefficient (Wildman–Crippen LogP) is 4.32. The van der Waals surface area contributed by atoms with Gasteiger partial charge >= 0.3 is 0 Å². The number of nitrogens with zero attached hydrogens (tertiary/aromatic N) is 3. The average Bonchev–Trinajstić information content (AvgIpc) is 2.94. The summed E-state index contributed by atoms with van der Waals surface area (Å²) in [7, 11) is 0. The summed E-state index contributed by atoms with van der Waals surface area (Å²) in [5.74, 6) is 0. The first kappa shape index (κ1) is 13.6. The maximum atomic E-state index is 4.56. The van der Waals surface area contributed by atoms with Crippen LogP contribution in [0, 0.1) is 0 Å². The Morgan fingerprint density at radius 3 is 1.96 bits per heavy atom. The number of fused-ring (bicyclic) bond motifs is 3. The molecule has 0 saturated heterocycles. The van der Waals surface area contributed by atoms with Crippen molar-refractivity contribution in [3.63, 3.8) is 0 Å². The van der Waals surface area contributed by atoms with Crippen molar-refractivity contribution in [3.05, 3.63) is 89.7 Å². The number of rotatable bonds is 2. The fraction of sp³-hybridized carbons (Fsp3) is 0.0500. The maximum absolute atomic E-state index is 4.56. The number of pyridine rings is 1. The van der Waals surface area contributed by atoms with Crippen molar-refractivity contribution < 1.29 is 0 Å². The minimum Gasteiger partial charge on any atom is -0.264 e. The van der Waals surface area contributed by atoms with Gasteiger partial charge in [-0.25, -0.2) is 0 Å². The van der Waals surface area contributed by atoms with Crippen LogP contribution in [0.4, 0.5) is 0 Å². The summed E-state index contributed by atoms with van der Waals surface area (Å²) >= 11 is 0. The van der Waals surface area contributed by atoms with Crippen LogP contribution in [0.5, 0.6) is 0 Å². The molecule has 110 valence electrons. The van der Waals surface area contributed by atoms with E-state index in [0.717, 1.165) is 28.1 Å². The molecule has 0 aliphatic heterocycles. The van der Waals surface area contributed by atoms with Gasteiger partial charge in [-0.15, -0.1) is 5.10 Å². The average molecular weight is 297 g/mol. The predicted molar refractivity (Wildman–Crippen MR) is 94.0 cm³/mol. The maximum Gasteiger partial charge on any atom is 0.101 e. The monoisotopic (exact) mass is 297 g/mol. The van der Waals surface area contributed by atoms with Crippen molar-refractivity contribution in [3.8, 4) is 11.1 Å². The molecule has 1 aliphatic rings. The van der Waals surface area contributed by atoms with Gasteiger partial charge < -0.3 is 0 Å². The Bertz CT molecular complexity index is 877. The van der Waals surface area contributed by atoms with Crippen LogP contribution in [0.2, 0.25) is 0 Å². The van der Waals surface area contributed by atoms with Crippen molar-refractivity contribution in [2.45, 2.75) is 6.92 Å². The minimum absolute atomic E-state index is 0.854. The van der Waals surface area contributed by atoms with E-state index < -0.39 is 0 Å². The topological polar surface area (TPSA) is 37.6 Å². The van der Waals surface area contributed by atoms with Crippen LogP contribution in [-0.4, -0.2) is 16.4 Å². The standard InChI is InChI=1S/C20H15N3/c1-14(15-7-6-12-21-13-15)22-23-20-18-10-4-2-8-16(18)17-9-3-5-11-19(17)20/h2-13H,1H3/b22-14-. The zero-order valence-corrected chi connectivity index (χ0v) is 12.8. The largest absolute Gasteiger partial charge is 0.264 e. The second-order valence-corrected chi connectivity index (χ2v) is 5.47. The summed E-state index contributed by atoms with van der Waals surface area (Å²) in [4.78, 5) is 4.13. The molecule has 1 aliphatic carbocycles. The van der Waals surface area contributed by atoms with E-state index in [0.29, 0.717) is 0 Å². The van der Waals surface area contributed by atoms with E-state index in [9.17, 15) is 0 Å². The third-order valence-corrected chi connectivity index (χ3v) is 4.03. The highest BCUT2D eigenvalue weighted by atomic mass is 15.2. The molecule has 1 heterocycles. The Hall–Kier alpha value is -3.07. The first-order valence-electron chi connectivity index (χ1n) is 7.56. The number of benzene rings is 2. The van der Waals surface area contributed by atoms with Gasteiger partial charge in [-0.3, -0.25) is 4.98 Å². The molecule has 0 saturated carbocycles. The van der Waals surface area contributed by atoms with Gasteiger partial charge in [-0.1, -0.05) is 54.6 Å². The van der Waals surface area contributed by atoms with Crippen LogP contribution < -0.4 is 0 Å². The van der Waals surface area contributed by atoms with E-state index in [1.807, 2.05) is 31.2 Å². The lowest BCUT2D eigenvalue weighted by atomic mass is 10.1. The van der Waals surface area contributed by atoms with Crippen LogP contribution >= 0.6 is 0 Å². The molecule has 0 N–H and O–H groups in total. The van der Waals surface area contributed by atoms with Crippen molar-refractivity contribution in [1.82, 2.24) is 4.98 Å². The highest BCUT2D eigenvalue weighted by Gasteiger charge is 2.23. The SMILES string of the molecule is C/C(=N/N=C1c2ccccc2-c2ccccc21)c1cccnc1. The van der Waals surface area contributed by atoms with Crippen LogP contribution in [0.15, 0.2) is 83.3 Å². The van der Waals surface area contributed by atoms with Crippen molar-refractivity contribution in [2.75, 3.05) is 0 Å². The zero-order chi connectivity index (χ0) is 15.6. The molecule has 3 heteroatoms. The number of aromatic nitrogens is 1. The van der Waals surface area contributed by atoms with Crippen LogP contribution in [-0.2, 0) is 0 Å². The second-order valence-electron chi connectivity index (χ2n) is 5.47. The number of hydrogen-bond acceptors (Lipinski definition) is 3. The Morgan fingerprint density at radius 2 is 1.39 bits per heavy atom. The lowest BCUT2D eigenvalue weighted by Gasteiger charge is -2.00. The van der Waals surface area contributed by atoms with Crippen LogP contribution in [0.25, 0.3) is 11.1 Å². The third-order valence-electron chi connectivity index (χ3n) is 4.03. The van der Waals surface area contributed by atoms with Crippen molar-refractivity contribution in [1.29, 1.82) is 0 Å². The molecule has 3 aromatic rings. The van der Waals surface area contributed by atoms with Gasteiger partial charge in [0.2, 0.25) is 0 Å². The summed E-state index contributed by atoms with van der Waals surface area (Å²) in [6.07, 6.45) is 3.56. The van der Waals surface area contributed by atoms with Gasteiger partial charge in [0.25, 0.3) is 0 Å². The molecule has 1 aromatic heterocycles. The summed E-state index contributed by atoms with van der Waals surface area (Å²) in [6.45, 7) is 1.95. The fourth-order valence-electron chi connectivity index (χ4n) is 2.86. The van der Waals surface area contributed by atoms with E-state index in [2.05, 4.69) is 51.6 Å². The van der Waals surface area contributed by atoms with E-state index in [1.54, 1.807) is 12.4 Å². The Labute approximate surface area is 135 Å². The van der Waals surface area contributed by atoms with Crippen LogP contribution in [0.3, 0.4) is 0 Å². The molecule has 0 unspecified atom stereocenters. The molecule has 0 amide bonds. The van der Waals surface area contributed by atoms with Gasteiger partial charge in [0.15, 0.2) is 0 Å². The smallest absolute Gasteiger partial charge is 0.101 e. The van der Waals surface area contributed by atoms with E-state index >= 15 is 0 Å². The van der Waals surface area contributed by atoms with Gasteiger partial charge in [0, 0.05) is 29.1 Å². The third kappa shape index (κ3) is 2.36. The quantitative estimate of drug-likeness (QED) is 0.401. The highest BCUT2D eigenvalue weighted by Crippen LogP contribution is 2.36. The van der Waals surface area contributed by atoms with E-state index in [4.69, 9.17) is 0 Å². The Balaban J connectivity index is 1.83. The number of hydrogen-bond donors (Lipinski definition) is 0. The highest BCUT2D eigenvalue weighted by molar-refractivity contribution is 6.24. The minimum atomic E-state index is 0.854. The molecular weight excluding hydrogens is 282 g/mol. The molecule has 4 rings (SSSR count). The Morgan fingerprint density at radius 1 is 0.783 bits per heavy atom. The van der Waals surface area contributed by atoms with Crippen LogP contribution in [0.1, 0.15) is 23.6 Å². The summed E-state index contributed by atoms with van der Waals surface area (Å²) in [5, 5.41) is 9.00. The molecule has 2 aromatic carbocycles. The van der Waals surface area contributed by atoms with Gasteiger partial charge in [-0.05, 0) is 24.1 Å². The first-order valence-corrected chi connectivity index (χ1v) is 7.56. The van der Waals surface area contributed by atoms with Gasteiger partial charge in [0.1, 0.15) is 5.71 Å². The van der Waals surface area contributed by atoms with E-state index in [-0.39, 0.29) is 0 Å². The molecule has 0 atom stereocenters.